The fourth-order valence-electron chi connectivity index (χ4n) is 2.02. The molecule has 0 radical (unpaired) electrons. The summed E-state index contributed by atoms with van der Waals surface area (Å²) >= 11 is 3.31. The van der Waals surface area contributed by atoms with E-state index in [0.717, 1.165) is 4.47 Å². The van der Waals surface area contributed by atoms with Gasteiger partial charge in [0, 0.05) is 4.47 Å². The molecule has 25 heavy (non-hydrogen) atoms. The maximum atomic E-state index is 12.5. The third-order valence-electron chi connectivity index (χ3n) is 3.04. The van der Waals surface area contributed by atoms with Gasteiger partial charge in [0.05, 0.1) is 31.8 Å². The molecule has 0 unspecified atom stereocenters. The first-order chi connectivity index (χ1) is 11.9. The van der Waals surface area contributed by atoms with E-state index in [1.165, 1.54) is 0 Å². The Hall–Kier alpha value is -2.09. The highest BCUT2D eigenvalue weighted by Crippen LogP contribution is 2.24. The summed E-state index contributed by atoms with van der Waals surface area (Å²) in [6.07, 6.45) is -0.307. The zero-order chi connectivity index (χ0) is 18.8. The largest absolute Gasteiger partial charge is 0.493 e. The van der Waals surface area contributed by atoms with E-state index >= 15 is 0 Å². The molecule has 1 aromatic carbocycles. The molecule has 0 spiro atoms. The predicted molar refractivity (Wildman–Crippen MR) is 94.4 cm³/mol. The van der Waals surface area contributed by atoms with Crippen LogP contribution < -0.4 is 10.1 Å². The number of ether oxygens (including phenoxy) is 3. The normalized spacial score (nSPS) is 11.4. The van der Waals surface area contributed by atoms with Crippen molar-refractivity contribution >= 4 is 33.8 Å². The molecule has 0 aliphatic rings. The molecule has 1 amide bonds. The number of amides is 1. The van der Waals surface area contributed by atoms with Crippen molar-refractivity contribution in [2.75, 3.05) is 19.8 Å². The first-order valence-corrected chi connectivity index (χ1v) is 8.77. The number of hydrogen-bond acceptors (Lipinski definition) is 6. The molecule has 7 nitrogen and oxygen atoms in total. The van der Waals surface area contributed by atoms with Gasteiger partial charge < -0.3 is 19.5 Å². The van der Waals surface area contributed by atoms with E-state index in [2.05, 4.69) is 21.2 Å². The van der Waals surface area contributed by atoms with Crippen molar-refractivity contribution in [1.82, 2.24) is 5.32 Å². The van der Waals surface area contributed by atoms with E-state index in [1.807, 2.05) is 0 Å². The average Bonchev–Trinajstić information content (AvgIpc) is 2.55. The number of esters is 2. The van der Waals surface area contributed by atoms with Gasteiger partial charge >= 0.3 is 11.9 Å². The van der Waals surface area contributed by atoms with Crippen LogP contribution in [-0.2, 0) is 19.1 Å². The summed E-state index contributed by atoms with van der Waals surface area (Å²) in [7, 11) is 0. The number of hydrogen-bond donors (Lipinski definition) is 1. The highest BCUT2D eigenvalue weighted by Gasteiger charge is 2.27. The lowest BCUT2D eigenvalue weighted by Crippen LogP contribution is -2.43. The third-order valence-corrected chi connectivity index (χ3v) is 3.53. The summed E-state index contributed by atoms with van der Waals surface area (Å²) in [6, 6.07) is 3.77. The molecule has 1 atom stereocenters. The monoisotopic (exact) mass is 415 g/mol. The van der Waals surface area contributed by atoms with Gasteiger partial charge in [-0.1, -0.05) is 15.9 Å². The number of carbonyl (C=O) groups is 3. The van der Waals surface area contributed by atoms with Crippen molar-refractivity contribution < 1.29 is 28.6 Å². The van der Waals surface area contributed by atoms with Crippen LogP contribution in [0.2, 0.25) is 0 Å². The number of benzene rings is 1. The van der Waals surface area contributed by atoms with Crippen LogP contribution in [0.3, 0.4) is 0 Å². The molecule has 1 rings (SSSR count). The lowest BCUT2D eigenvalue weighted by Gasteiger charge is -2.18. The van der Waals surface area contributed by atoms with Crippen molar-refractivity contribution in [2.45, 2.75) is 33.2 Å². The summed E-state index contributed by atoms with van der Waals surface area (Å²) in [5, 5.41) is 2.52. The van der Waals surface area contributed by atoms with Crippen molar-refractivity contribution in [2.24, 2.45) is 0 Å². The van der Waals surface area contributed by atoms with Crippen molar-refractivity contribution in [3.63, 3.8) is 0 Å². The van der Waals surface area contributed by atoms with E-state index in [9.17, 15) is 14.4 Å². The number of rotatable bonds is 9. The SMILES string of the molecule is CCOC(=O)C[C@H](NC(=O)c1ccc(Br)cc1OCC)C(=O)OCC. The molecule has 0 aliphatic heterocycles. The second-order valence-electron chi connectivity index (χ2n) is 4.86. The smallest absolute Gasteiger partial charge is 0.329 e. The van der Waals surface area contributed by atoms with E-state index in [-0.39, 0.29) is 25.2 Å². The fourth-order valence-corrected chi connectivity index (χ4v) is 2.36. The number of carbonyl (C=O) groups excluding carboxylic acids is 3. The van der Waals surface area contributed by atoms with Gasteiger partial charge in [0.15, 0.2) is 0 Å². The molecule has 1 aromatic rings. The van der Waals surface area contributed by atoms with Gasteiger partial charge in [-0.3, -0.25) is 9.59 Å². The zero-order valence-electron chi connectivity index (χ0n) is 14.5. The Labute approximate surface area is 155 Å². The van der Waals surface area contributed by atoms with Crippen LogP contribution in [-0.4, -0.2) is 43.7 Å². The second-order valence-corrected chi connectivity index (χ2v) is 5.78. The Morgan fingerprint density at radius 1 is 1.08 bits per heavy atom. The lowest BCUT2D eigenvalue weighted by atomic mass is 10.1. The second kappa shape index (κ2) is 10.7. The molecule has 0 saturated heterocycles. The predicted octanol–water partition coefficient (Wildman–Crippen LogP) is 2.46. The van der Waals surface area contributed by atoms with Crippen LogP contribution in [0.25, 0.3) is 0 Å². The molecule has 1 N–H and O–H groups in total. The Morgan fingerprint density at radius 2 is 1.76 bits per heavy atom. The van der Waals surface area contributed by atoms with Crippen LogP contribution >= 0.6 is 15.9 Å². The van der Waals surface area contributed by atoms with Gasteiger partial charge in [0.25, 0.3) is 5.91 Å². The molecule has 0 bridgehead atoms. The van der Waals surface area contributed by atoms with Crippen LogP contribution in [0.5, 0.6) is 5.75 Å². The minimum atomic E-state index is -1.13. The van der Waals surface area contributed by atoms with Crippen LogP contribution in [0, 0.1) is 0 Å². The Morgan fingerprint density at radius 3 is 2.36 bits per heavy atom. The maximum absolute atomic E-state index is 12.5. The summed E-state index contributed by atoms with van der Waals surface area (Å²) in [4.78, 5) is 36.3. The summed E-state index contributed by atoms with van der Waals surface area (Å²) < 4.78 is 16.0. The summed E-state index contributed by atoms with van der Waals surface area (Å²) in [5.41, 5.74) is 0.253. The van der Waals surface area contributed by atoms with E-state index < -0.39 is 23.9 Å². The van der Waals surface area contributed by atoms with E-state index in [1.54, 1.807) is 39.0 Å². The molecule has 0 saturated carbocycles. The molecule has 0 aliphatic carbocycles. The van der Waals surface area contributed by atoms with Crippen LogP contribution in [0.1, 0.15) is 37.6 Å². The van der Waals surface area contributed by atoms with E-state index in [4.69, 9.17) is 14.2 Å². The lowest BCUT2D eigenvalue weighted by molar-refractivity contribution is -0.152. The molecule has 0 heterocycles. The quantitative estimate of drug-likeness (QED) is 0.622. The highest BCUT2D eigenvalue weighted by molar-refractivity contribution is 9.10. The first kappa shape index (κ1) is 21.0. The molecule has 8 heteroatoms. The van der Waals surface area contributed by atoms with Gasteiger partial charge in [0.1, 0.15) is 11.8 Å². The maximum Gasteiger partial charge on any atom is 0.329 e. The molecule has 138 valence electrons. The Kier molecular flexibility index (Phi) is 8.98. The van der Waals surface area contributed by atoms with E-state index in [0.29, 0.717) is 12.4 Å². The Balaban J connectivity index is 2.97. The first-order valence-electron chi connectivity index (χ1n) is 7.98. The molecule has 0 aromatic heterocycles. The number of nitrogens with one attached hydrogen (secondary N) is 1. The van der Waals surface area contributed by atoms with Crippen molar-refractivity contribution in [3.8, 4) is 5.75 Å². The van der Waals surface area contributed by atoms with Crippen LogP contribution in [0.4, 0.5) is 0 Å². The summed E-state index contributed by atoms with van der Waals surface area (Å²) in [6.45, 7) is 5.79. The minimum absolute atomic E-state index is 0.135. The van der Waals surface area contributed by atoms with Gasteiger partial charge in [-0.2, -0.15) is 0 Å². The van der Waals surface area contributed by atoms with Crippen LogP contribution in [0.15, 0.2) is 22.7 Å². The summed E-state index contributed by atoms with van der Waals surface area (Å²) in [5.74, 6) is -1.47. The molecule has 0 fully saturated rings. The minimum Gasteiger partial charge on any atom is -0.493 e. The van der Waals surface area contributed by atoms with Gasteiger partial charge in [-0.15, -0.1) is 0 Å². The zero-order valence-corrected chi connectivity index (χ0v) is 16.1. The average molecular weight is 416 g/mol. The molecular formula is C17H22BrNO6. The van der Waals surface area contributed by atoms with Crippen molar-refractivity contribution in [1.29, 1.82) is 0 Å². The van der Waals surface area contributed by atoms with Crippen molar-refractivity contribution in [3.05, 3.63) is 28.2 Å². The van der Waals surface area contributed by atoms with Gasteiger partial charge in [-0.05, 0) is 39.0 Å². The van der Waals surface area contributed by atoms with Gasteiger partial charge in [0.2, 0.25) is 0 Å². The number of halogens is 1. The Bertz CT molecular complexity index is 619. The van der Waals surface area contributed by atoms with Gasteiger partial charge in [-0.25, -0.2) is 4.79 Å². The fraction of sp³-hybridized carbons (Fsp3) is 0.471. The standard InChI is InChI=1S/C17H22BrNO6/c1-4-23-14-9-11(18)7-8-12(14)16(21)19-13(17(22)25-6-3)10-15(20)24-5-2/h7-9,13H,4-6,10H2,1-3H3,(H,19,21)/t13-/m0/s1. The topological polar surface area (TPSA) is 90.9 Å². The molecular weight excluding hydrogens is 394 g/mol. The highest BCUT2D eigenvalue weighted by atomic mass is 79.9. The third kappa shape index (κ3) is 6.74.